The van der Waals surface area contributed by atoms with Crippen LogP contribution in [0.5, 0.6) is 0 Å². The molecule has 0 aromatic heterocycles. The number of carbonyl (C=O) groups excluding carboxylic acids is 1. The minimum Gasteiger partial charge on any atom is -0.480 e. The molecule has 1 heterocycles. The van der Waals surface area contributed by atoms with Gasteiger partial charge in [0.1, 0.15) is 6.04 Å². The number of aliphatic hydroxyl groups is 1. The summed E-state index contributed by atoms with van der Waals surface area (Å²) < 4.78 is 0. The lowest BCUT2D eigenvalue weighted by Gasteiger charge is -2.26. The van der Waals surface area contributed by atoms with Crippen molar-refractivity contribution in [2.24, 2.45) is 0 Å². The maximum atomic E-state index is 12.8. The van der Waals surface area contributed by atoms with Crippen molar-refractivity contribution < 1.29 is 19.8 Å². The van der Waals surface area contributed by atoms with Gasteiger partial charge in [0.15, 0.2) is 0 Å². The molecule has 3 rings (SSSR count). The lowest BCUT2D eigenvalue weighted by atomic mass is 9.93. The first-order valence-electron chi connectivity index (χ1n) is 7.02. The molecule has 2 fully saturated rings. The van der Waals surface area contributed by atoms with Crippen LogP contribution >= 0.6 is 0 Å². The van der Waals surface area contributed by atoms with Gasteiger partial charge in [-0.25, -0.2) is 4.79 Å². The predicted molar refractivity (Wildman–Crippen MR) is 75.5 cm³/mol. The first-order valence-corrected chi connectivity index (χ1v) is 7.02. The fraction of sp³-hybridized carbons (Fsp3) is 0.467. The van der Waals surface area contributed by atoms with Crippen molar-refractivity contribution in [3.05, 3.63) is 29.8 Å². The summed E-state index contributed by atoms with van der Waals surface area (Å²) in [5.74, 6) is -1.26. The second kappa shape index (κ2) is 4.73. The zero-order chi connectivity index (χ0) is 15.2. The van der Waals surface area contributed by atoms with Gasteiger partial charge in [0.25, 0.3) is 0 Å². The normalized spacial score (nSPS) is 26.6. The highest BCUT2D eigenvalue weighted by Crippen LogP contribution is 2.50. The molecule has 0 bridgehead atoms. The van der Waals surface area contributed by atoms with Gasteiger partial charge in [-0.1, -0.05) is 12.1 Å². The van der Waals surface area contributed by atoms with E-state index in [-0.39, 0.29) is 18.9 Å². The average Bonchev–Trinajstić information content (AvgIpc) is 3.15. The Morgan fingerprint density at radius 1 is 1.24 bits per heavy atom. The number of nitrogens with zero attached hydrogens (tertiary/aromatic N) is 1. The molecule has 1 aliphatic heterocycles. The van der Waals surface area contributed by atoms with Crippen molar-refractivity contribution in [1.82, 2.24) is 4.90 Å². The molecule has 1 amide bonds. The Balaban J connectivity index is 1.87. The van der Waals surface area contributed by atoms with Gasteiger partial charge in [-0.15, -0.1) is 0 Å². The minimum absolute atomic E-state index is 0.0898. The quantitative estimate of drug-likeness (QED) is 0.697. The number of nitrogen functional groups attached to an aromatic ring is 1. The summed E-state index contributed by atoms with van der Waals surface area (Å²) >= 11 is 0. The van der Waals surface area contributed by atoms with Crippen LogP contribution in [0.2, 0.25) is 0 Å². The lowest BCUT2D eigenvalue weighted by Crippen LogP contribution is -2.45. The van der Waals surface area contributed by atoms with Gasteiger partial charge in [-0.05, 0) is 30.5 Å². The third-order valence-electron chi connectivity index (χ3n) is 4.45. The van der Waals surface area contributed by atoms with Crippen LogP contribution in [0.1, 0.15) is 24.8 Å². The molecule has 21 heavy (non-hydrogen) atoms. The molecule has 2 atom stereocenters. The SMILES string of the molecule is Nc1ccc(C2(C(=O)N3C[C@H](O)C[C@H]3C(=O)O)CC2)cc1. The van der Waals surface area contributed by atoms with Crippen molar-refractivity contribution in [3.63, 3.8) is 0 Å². The van der Waals surface area contributed by atoms with Crippen molar-refractivity contribution >= 4 is 17.6 Å². The number of carboxylic acids is 1. The van der Waals surface area contributed by atoms with E-state index in [0.29, 0.717) is 18.5 Å². The topological polar surface area (TPSA) is 104 Å². The van der Waals surface area contributed by atoms with Gasteiger partial charge in [0, 0.05) is 18.7 Å². The minimum atomic E-state index is -1.06. The molecular formula is C15H18N2O4. The van der Waals surface area contributed by atoms with Crippen LogP contribution in [0, 0.1) is 0 Å². The van der Waals surface area contributed by atoms with Gasteiger partial charge >= 0.3 is 5.97 Å². The van der Waals surface area contributed by atoms with Gasteiger partial charge in [0.2, 0.25) is 5.91 Å². The average molecular weight is 290 g/mol. The molecule has 0 unspecified atom stereocenters. The van der Waals surface area contributed by atoms with Gasteiger partial charge in [-0.3, -0.25) is 4.79 Å². The number of hydrogen-bond donors (Lipinski definition) is 3. The standard InChI is InChI=1S/C15H18N2O4/c16-10-3-1-9(2-4-10)15(5-6-15)14(21)17-8-11(18)7-12(17)13(19)20/h1-4,11-12,18H,5-8,16H2,(H,19,20)/t11-,12+/m1/s1. The van der Waals surface area contributed by atoms with Crippen molar-refractivity contribution in [2.45, 2.75) is 36.8 Å². The lowest BCUT2D eigenvalue weighted by molar-refractivity contribution is -0.149. The Morgan fingerprint density at radius 2 is 1.86 bits per heavy atom. The van der Waals surface area contributed by atoms with Crippen LogP contribution in [0.3, 0.4) is 0 Å². The molecule has 1 saturated carbocycles. The number of benzene rings is 1. The van der Waals surface area contributed by atoms with Gasteiger partial charge in [0.05, 0.1) is 11.5 Å². The predicted octanol–water partition coefficient (Wildman–Crippen LogP) is 0.347. The number of hydrogen-bond acceptors (Lipinski definition) is 4. The van der Waals surface area contributed by atoms with Crippen LogP contribution in [-0.2, 0) is 15.0 Å². The third-order valence-corrected chi connectivity index (χ3v) is 4.45. The summed E-state index contributed by atoms with van der Waals surface area (Å²) in [6.45, 7) is 0.0898. The fourth-order valence-corrected chi connectivity index (χ4v) is 3.10. The molecule has 6 heteroatoms. The molecule has 1 saturated heterocycles. The van der Waals surface area contributed by atoms with E-state index in [1.807, 2.05) is 12.1 Å². The number of nitrogens with two attached hydrogens (primary N) is 1. The van der Waals surface area contributed by atoms with Crippen molar-refractivity contribution in [2.75, 3.05) is 12.3 Å². The van der Waals surface area contributed by atoms with Crippen LogP contribution in [-0.4, -0.2) is 45.7 Å². The number of rotatable bonds is 3. The second-order valence-electron chi connectivity index (χ2n) is 5.91. The highest BCUT2D eigenvalue weighted by molar-refractivity contribution is 5.94. The largest absolute Gasteiger partial charge is 0.480 e. The number of aliphatic carboxylic acids is 1. The second-order valence-corrected chi connectivity index (χ2v) is 5.91. The van der Waals surface area contributed by atoms with E-state index >= 15 is 0 Å². The van der Waals surface area contributed by atoms with E-state index in [9.17, 15) is 19.8 Å². The summed E-state index contributed by atoms with van der Waals surface area (Å²) in [6.07, 6.45) is 0.736. The number of anilines is 1. The summed E-state index contributed by atoms with van der Waals surface area (Å²) in [6, 6.07) is 6.20. The molecule has 1 aromatic carbocycles. The molecule has 2 aliphatic rings. The maximum Gasteiger partial charge on any atom is 0.326 e. The van der Waals surface area contributed by atoms with E-state index in [2.05, 4.69) is 0 Å². The van der Waals surface area contributed by atoms with Crippen molar-refractivity contribution in [3.8, 4) is 0 Å². The highest BCUT2D eigenvalue weighted by Gasteiger charge is 2.55. The Hall–Kier alpha value is -2.08. The van der Waals surface area contributed by atoms with E-state index < -0.39 is 23.5 Å². The zero-order valence-corrected chi connectivity index (χ0v) is 11.5. The number of β-amino-alcohol motifs (C(OH)–C–C–N with tert-alkyl or cyclic N) is 1. The first-order chi connectivity index (χ1) is 9.94. The smallest absolute Gasteiger partial charge is 0.326 e. The van der Waals surface area contributed by atoms with Gasteiger partial charge < -0.3 is 20.8 Å². The molecule has 4 N–H and O–H groups in total. The molecule has 1 aliphatic carbocycles. The van der Waals surface area contributed by atoms with E-state index in [1.54, 1.807) is 12.1 Å². The summed E-state index contributed by atoms with van der Waals surface area (Å²) in [5.41, 5.74) is 6.52. The molecule has 6 nitrogen and oxygen atoms in total. The number of amides is 1. The molecule has 0 spiro atoms. The number of carboxylic acid groups (broad SMARTS) is 1. The third kappa shape index (κ3) is 2.25. The Morgan fingerprint density at radius 3 is 2.38 bits per heavy atom. The van der Waals surface area contributed by atoms with Crippen molar-refractivity contribution in [1.29, 1.82) is 0 Å². The molecule has 1 aromatic rings. The highest BCUT2D eigenvalue weighted by atomic mass is 16.4. The number of carbonyl (C=O) groups is 2. The van der Waals surface area contributed by atoms with Crippen LogP contribution in [0.25, 0.3) is 0 Å². The van der Waals surface area contributed by atoms with Crippen LogP contribution in [0.15, 0.2) is 24.3 Å². The molecule has 0 radical (unpaired) electrons. The summed E-state index contributed by atoms with van der Waals surface area (Å²) in [7, 11) is 0. The summed E-state index contributed by atoms with van der Waals surface area (Å²) in [4.78, 5) is 25.4. The zero-order valence-electron chi connectivity index (χ0n) is 11.5. The van der Waals surface area contributed by atoms with E-state index in [0.717, 1.165) is 5.56 Å². The Kier molecular flexibility index (Phi) is 3.13. The number of aliphatic hydroxyl groups excluding tert-OH is 1. The first kappa shape index (κ1) is 13.9. The fourth-order valence-electron chi connectivity index (χ4n) is 3.10. The van der Waals surface area contributed by atoms with Crippen LogP contribution < -0.4 is 5.73 Å². The Labute approximate surface area is 122 Å². The molecule has 112 valence electrons. The monoisotopic (exact) mass is 290 g/mol. The Bertz CT molecular complexity index is 580. The summed E-state index contributed by atoms with van der Waals surface area (Å²) in [5, 5.41) is 18.9. The van der Waals surface area contributed by atoms with Crippen LogP contribution in [0.4, 0.5) is 5.69 Å². The maximum absolute atomic E-state index is 12.8. The van der Waals surface area contributed by atoms with E-state index in [1.165, 1.54) is 4.90 Å². The molecular weight excluding hydrogens is 272 g/mol. The van der Waals surface area contributed by atoms with E-state index in [4.69, 9.17) is 5.73 Å². The number of likely N-dealkylation sites (tertiary alicyclic amines) is 1. The van der Waals surface area contributed by atoms with Gasteiger partial charge in [-0.2, -0.15) is 0 Å².